The molecule has 0 unspecified atom stereocenters. The first-order chi connectivity index (χ1) is 9.05. The number of hydrogen-bond donors (Lipinski definition) is 1. The number of fused-ring (bicyclic) bond motifs is 1. The Labute approximate surface area is 115 Å². The molecule has 3 heteroatoms. The maximum Gasteiger partial charge on any atom is 0.0639 e. The van der Waals surface area contributed by atoms with Crippen LogP contribution in [0.2, 0.25) is 0 Å². The topological polar surface area (TPSA) is 40.2 Å². The second kappa shape index (κ2) is 5.76. The molecule has 19 heavy (non-hydrogen) atoms. The molecule has 2 N–H and O–H groups in total. The second-order valence-electron chi connectivity index (χ2n) is 5.65. The van der Waals surface area contributed by atoms with Crippen LogP contribution in [0.1, 0.15) is 25.8 Å². The van der Waals surface area contributed by atoms with Gasteiger partial charge in [0, 0.05) is 25.4 Å². The Morgan fingerprint density at radius 1 is 1.26 bits per heavy atom. The van der Waals surface area contributed by atoms with Crippen LogP contribution < -0.4 is 5.73 Å². The van der Waals surface area contributed by atoms with Gasteiger partial charge in [0.2, 0.25) is 0 Å². The van der Waals surface area contributed by atoms with Crippen LogP contribution in [-0.4, -0.2) is 23.8 Å². The summed E-state index contributed by atoms with van der Waals surface area (Å²) >= 11 is 0. The molecule has 0 atom stereocenters. The molecule has 3 nitrogen and oxygen atoms in total. The summed E-state index contributed by atoms with van der Waals surface area (Å²) in [6.07, 6.45) is 4.10. The van der Waals surface area contributed by atoms with Crippen molar-refractivity contribution in [2.24, 2.45) is 5.73 Å². The van der Waals surface area contributed by atoms with Crippen molar-refractivity contribution in [1.29, 1.82) is 0 Å². The van der Waals surface area contributed by atoms with Crippen LogP contribution in [0.4, 0.5) is 0 Å². The second-order valence-corrected chi connectivity index (χ2v) is 5.65. The molecule has 104 valence electrons. The zero-order chi connectivity index (χ0) is 13.9. The van der Waals surface area contributed by atoms with Gasteiger partial charge in [-0.2, -0.15) is 0 Å². The summed E-state index contributed by atoms with van der Waals surface area (Å²) in [7, 11) is 1.77. The van der Waals surface area contributed by atoms with E-state index in [9.17, 15) is 0 Å². The highest BCUT2D eigenvalue weighted by atomic mass is 16.5. The maximum atomic E-state index is 5.60. The number of ether oxygens (including phenoxy) is 1. The van der Waals surface area contributed by atoms with Crippen LogP contribution in [0.15, 0.2) is 30.5 Å². The van der Waals surface area contributed by atoms with E-state index in [2.05, 4.69) is 48.9 Å². The first kappa shape index (κ1) is 14.1. The molecule has 0 saturated carbocycles. The standard InChI is InChI=1S/C16H24N2O/c1-16(2,19-3)8-11-18-10-7-14-12-13(6-9-17)4-5-15(14)18/h4-5,7,10,12H,6,8-9,11,17H2,1-3H3. The molecule has 2 rings (SSSR count). The number of aryl methyl sites for hydroxylation is 1. The Balaban J connectivity index is 2.17. The molecular weight excluding hydrogens is 236 g/mol. The molecule has 0 amide bonds. The summed E-state index contributed by atoms with van der Waals surface area (Å²) in [5.74, 6) is 0. The van der Waals surface area contributed by atoms with Crippen molar-refractivity contribution >= 4 is 10.9 Å². The molecule has 1 aromatic heterocycles. The fraction of sp³-hybridized carbons (Fsp3) is 0.500. The smallest absolute Gasteiger partial charge is 0.0639 e. The van der Waals surface area contributed by atoms with Crippen molar-refractivity contribution < 1.29 is 4.74 Å². The van der Waals surface area contributed by atoms with E-state index in [1.54, 1.807) is 7.11 Å². The molecular formula is C16H24N2O. The predicted octanol–water partition coefficient (Wildman–Crippen LogP) is 2.96. The quantitative estimate of drug-likeness (QED) is 0.867. The van der Waals surface area contributed by atoms with E-state index in [0.717, 1.165) is 19.4 Å². The van der Waals surface area contributed by atoms with E-state index in [0.29, 0.717) is 6.54 Å². The first-order valence-electron chi connectivity index (χ1n) is 6.89. The van der Waals surface area contributed by atoms with Gasteiger partial charge in [0.25, 0.3) is 0 Å². The van der Waals surface area contributed by atoms with E-state index in [4.69, 9.17) is 10.5 Å². The highest BCUT2D eigenvalue weighted by Gasteiger charge is 2.16. The lowest BCUT2D eigenvalue weighted by molar-refractivity contribution is 0.0123. The van der Waals surface area contributed by atoms with Gasteiger partial charge >= 0.3 is 0 Å². The van der Waals surface area contributed by atoms with Crippen LogP contribution >= 0.6 is 0 Å². The maximum absolute atomic E-state index is 5.60. The van der Waals surface area contributed by atoms with E-state index < -0.39 is 0 Å². The Hall–Kier alpha value is -1.32. The van der Waals surface area contributed by atoms with E-state index in [1.807, 2.05) is 0 Å². The number of nitrogens with zero attached hydrogens (tertiary/aromatic N) is 1. The fourth-order valence-electron chi connectivity index (χ4n) is 2.26. The average Bonchev–Trinajstić information content (AvgIpc) is 2.79. The first-order valence-corrected chi connectivity index (χ1v) is 6.89. The largest absolute Gasteiger partial charge is 0.379 e. The van der Waals surface area contributed by atoms with Gasteiger partial charge in [-0.1, -0.05) is 6.07 Å². The van der Waals surface area contributed by atoms with Crippen molar-refractivity contribution in [2.75, 3.05) is 13.7 Å². The van der Waals surface area contributed by atoms with Gasteiger partial charge in [-0.3, -0.25) is 0 Å². The summed E-state index contributed by atoms with van der Waals surface area (Å²) in [6, 6.07) is 8.78. The average molecular weight is 260 g/mol. The number of methoxy groups -OCH3 is 1. The van der Waals surface area contributed by atoms with Crippen LogP contribution in [0, 0.1) is 0 Å². The Morgan fingerprint density at radius 3 is 2.74 bits per heavy atom. The molecule has 0 aliphatic heterocycles. The number of rotatable bonds is 6. The zero-order valence-corrected chi connectivity index (χ0v) is 12.1. The lowest BCUT2D eigenvalue weighted by atomic mass is 10.1. The molecule has 0 spiro atoms. The minimum Gasteiger partial charge on any atom is -0.379 e. The summed E-state index contributed by atoms with van der Waals surface area (Å²) < 4.78 is 7.77. The van der Waals surface area contributed by atoms with Gasteiger partial charge in [0.05, 0.1) is 5.60 Å². The van der Waals surface area contributed by atoms with Gasteiger partial charge in [-0.25, -0.2) is 0 Å². The van der Waals surface area contributed by atoms with Crippen LogP contribution in [0.5, 0.6) is 0 Å². The van der Waals surface area contributed by atoms with Crippen molar-refractivity contribution in [3.8, 4) is 0 Å². The molecule has 0 aliphatic carbocycles. The van der Waals surface area contributed by atoms with Gasteiger partial charge in [0.1, 0.15) is 0 Å². The zero-order valence-electron chi connectivity index (χ0n) is 12.1. The van der Waals surface area contributed by atoms with Gasteiger partial charge < -0.3 is 15.0 Å². The third-order valence-electron chi connectivity index (χ3n) is 3.78. The van der Waals surface area contributed by atoms with Gasteiger partial charge in [0.15, 0.2) is 0 Å². The third kappa shape index (κ3) is 3.37. The molecule has 0 bridgehead atoms. The highest BCUT2D eigenvalue weighted by molar-refractivity contribution is 5.80. The number of benzene rings is 1. The summed E-state index contributed by atoms with van der Waals surface area (Å²) in [4.78, 5) is 0. The van der Waals surface area contributed by atoms with Crippen molar-refractivity contribution in [2.45, 2.75) is 38.8 Å². The predicted molar refractivity (Wildman–Crippen MR) is 80.4 cm³/mol. The van der Waals surface area contributed by atoms with E-state index >= 15 is 0 Å². The normalized spacial score (nSPS) is 12.2. The van der Waals surface area contributed by atoms with Gasteiger partial charge in [-0.05, 0) is 62.4 Å². The van der Waals surface area contributed by atoms with Crippen LogP contribution in [-0.2, 0) is 17.7 Å². The van der Waals surface area contributed by atoms with Crippen LogP contribution in [0.3, 0.4) is 0 Å². The highest BCUT2D eigenvalue weighted by Crippen LogP contribution is 2.21. The van der Waals surface area contributed by atoms with Crippen molar-refractivity contribution in [1.82, 2.24) is 4.57 Å². The minimum absolute atomic E-state index is 0.0733. The van der Waals surface area contributed by atoms with E-state index in [1.165, 1.54) is 16.5 Å². The summed E-state index contributed by atoms with van der Waals surface area (Å²) in [6.45, 7) is 5.92. The lowest BCUT2D eigenvalue weighted by Crippen LogP contribution is -2.24. The van der Waals surface area contributed by atoms with Crippen molar-refractivity contribution in [3.63, 3.8) is 0 Å². The number of nitrogens with two attached hydrogens (primary N) is 1. The Morgan fingerprint density at radius 2 is 2.05 bits per heavy atom. The Kier molecular flexibility index (Phi) is 4.27. The fourth-order valence-corrected chi connectivity index (χ4v) is 2.26. The van der Waals surface area contributed by atoms with Crippen LogP contribution in [0.25, 0.3) is 10.9 Å². The summed E-state index contributed by atoms with van der Waals surface area (Å²) in [5.41, 5.74) is 8.12. The number of aromatic nitrogens is 1. The SMILES string of the molecule is COC(C)(C)CCn1ccc2cc(CCN)ccc21. The molecule has 1 aromatic carbocycles. The molecule has 0 fully saturated rings. The molecule has 2 aromatic rings. The Bertz CT molecular complexity index is 543. The molecule has 0 aliphatic rings. The summed E-state index contributed by atoms with van der Waals surface area (Å²) in [5, 5.41) is 1.29. The van der Waals surface area contributed by atoms with Gasteiger partial charge in [-0.15, -0.1) is 0 Å². The molecule has 1 heterocycles. The third-order valence-corrected chi connectivity index (χ3v) is 3.78. The number of hydrogen-bond acceptors (Lipinski definition) is 2. The monoisotopic (exact) mass is 260 g/mol. The molecule has 0 saturated heterocycles. The molecule has 0 radical (unpaired) electrons. The lowest BCUT2D eigenvalue weighted by Gasteiger charge is -2.23. The van der Waals surface area contributed by atoms with Crippen molar-refractivity contribution in [3.05, 3.63) is 36.0 Å². The van der Waals surface area contributed by atoms with E-state index in [-0.39, 0.29) is 5.60 Å². The minimum atomic E-state index is -0.0733.